The van der Waals surface area contributed by atoms with Crippen molar-refractivity contribution >= 4 is 17.1 Å². The third-order valence-corrected chi connectivity index (χ3v) is 2.11. The van der Waals surface area contributed by atoms with Crippen molar-refractivity contribution in [2.75, 3.05) is 0 Å². The number of hydrogen-bond donors (Lipinski definition) is 0. The smallest absolute Gasteiger partial charge is 0.0667 e. The van der Waals surface area contributed by atoms with Crippen molar-refractivity contribution in [2.24, 2.45) is 0 Å². The van der Waals surface area contributed by atoms with Crippen molar-refractivity contribution in [1.82, 2.24) is 9.61 Å². The summed E-state index contributed by atoms with van der Waals surface area (Å²) in [7, 11) is 0. The Morgan fingerprint density at radius 3 is 3.08 bits per heavy atom. The third kappa shape index (κ3) is 1.18. The molecular formula is C9H9ClN2. The zero-order valence-corrected chi connectivity index (χ0v) is 7.54. The highest BCUT2D eigenvalue weighted by atomic mass is 35.5. The quantitative estimate of drug-likeness (QED) is 0.616. The van der Waals surface area contributed by atoms with Gasteiger partial charge in [-0.25, -0.2) is 4.52 Å². The Hall–Kier alpha value is -1.02. The minimum atomic E-state index is 0.556. The van der Waals surface area contributed by atoms with E-state index < -0.39 is 0 Å². The van der Waals surface area contributed by atoms with Gasteiger partial charge in [0.15, 0.2) is 0 Å². The lowest BCUT2D eigenvalue weighted by Gasteiger charge is -1.95. The average molecular weight is 181 g/mol. The molecule has 2 heterocycles. The molecule has 2 rings (SSSR count). The summed E-state index contributed by atoms with van der Waals surface area (Å²) in [4.78, 5) is 0. The van der Waals surface area contributed by atoms with E-state index in [1.54, 1.807) is 0 Å². The molecule has 0 unspecified atom stereocenters. The van der Waals surface area contributed by atoms with Gasteiger partial charge in [0, 0.05) is 12.1 Å². The summed E-state index contributed by atoms with van der Waals surface area (Å²) in [6.07, 6.45) is 1.93. The van der Waals surface area contributed by atoms with Crippen molar-refractivity contribution in [3.63, 3.8) is 0 Å². The second-order valence-corrected chi connectivity index (χ2v) is 3.09. The third-order valence-electron chi connectivity index (χ3n) is 1.80. The number of fused-ring (bicyclic) bond motifs is 1. The molecule has 3 heteroatoms. The van der Waals surface area contributed by atoms with Gasteiger partial charge >= 0.3 is 0 Å². The zero-order chi connectivity index (χ0) is 8.55. The standard InChI is InChI=1S/C9H9ClN2/c1-7-4-9-5-8(6-10)2-3-12(9)11-7/h2-5H,6H2,1H3. The molecule has 2 aromatic heterocycles. The maximum absolute atomic E-state index is 5.70. The molecule has 0 amide bonds. The second kappa shape index (κ2) is 2.79. The van der Waals surface area contributed by atoms with Crippen LogP contribution >= 0.6 is 11.6 Å². The first-order valence-corrected chi connectivity index (χ1v) is 4.34. The molecule has 0 aliphatic heterocycles. The molecule has 0 aromatic carbocycles. The minimum Gasteiger partial charge on any atom is -0.241 e. The fourth-order valence-corrected chi connectivity index (χ4v) is 1.42. The molecule has 12 heavy (non-hydrogen) atoms. The predicted octanol–water partition coefficient (Wildman–Crippen LogP) is 2.38. The van der Waals surface area contributed by atoms with E-state index in [1.165, 1.54) is 0 Å². The Morgan fingerprint density at radius 2 is 2.33 bits per heavy atom. The van der Waals surface area contributed by atoms with Crippen molar-refractivity contribution in [3.8, 4) is 0 Å². The molecule has 2 aromatic rings. The number of nitrogens with zero attached hydrogens (tertiary/aromatic N) is 2. The van der Waals surface area contributed by atoms with Crippen LogP contribution in [0.1, 0.15) is 11.3 Å². The molecule has 0 fully saturated rings. The number of aromatic nitrogens is 2. The van der Waals surface area contributed by atoms with Gasteiger partial charge in [0.1, 0.15) is 0 Å². The van der Waals surface area contributed by atoms with Gasteiger partial charge in [-0.1, -0.05) is 0 Å². The highest BCUT2D eigenvalue weighted by molar-refractivity contribution is 6.17. The monoisotopic (exact) mass is 180 g/mol. The van der Waals surface area contributed by atoms with E-state index in [0.717, 1.165) is 16.8 Å². The van der Waals surface area contributed by atoms with E-state index in [-0.39, 0.29) is 0 Å². The molecule has 0 bridgehead atoms. The highest BCUT2D eigenvalue weighted by Crippen LogP contribution is 2.10. The molecule has 0 atom stereocenters. The zero-order valence-electron chi connectivity index (χ0n) is 6.79. The van der Waals surface area contributed by atoms with Crippen LogP contribution in [0.15, 0.2) is 24.4 Å². The number of aryl methyl sites for hydroxylation is 1. The molecule has 0 saturated heterocycles. The normalized spacial score (nSPS) is 10.8. The number of halogens is 1. The van der Waals surface area contributed by atoms with Crippen LogP contribution in [0.3, 0.4) is 0 Å². The SMILES string of the molecule is Cc1cc2cc(CCl)ccn2n1. The number of alkyl halides is 1. The average Bonchev–Trinajstić information content (AvgIpc) is 2.43. The number of hydrogen-bond acceptors (Lipinski definition) is 1. The first kappa shape index (κ1) is 7.62. The van der Waals surface area contributed by atoms with Crippen LogP contribution in [0, 0.1) is 6.92 Å². The maximum Gasteiger partial charge on any atom is 0.0667 e. The van der Waals surface area contributed by atoms with Crippen LogP contribution in [0.4, 0.5) is 0 Å². The Morgan fingerprint density at radius 1 is 1.50 bits per heavy atom. The fraction of sp³-hybridized carbons (Fsp3) is 0.222. The lowest BCUT2D eigenvalue weighted by atomic mass is 10.3. The Kier molecular flexibility index (Phi) is 1.77. The summed E-state index contributed by atoms with van der Waals surface area (Å²) in [6, 6.07) is 6.06. The van der Waals surface area contributed by atoms with Gasteiger partial charge in [-0.05, 0) is 30.7 Å². The molecule has 0 aliphatic carbocycles. The summed E-state index contributed by atoms with van der Waals surface area (Å²) >= 11 is 5.70. The van der Waals surface area contributed by atoms with Gasteiger partial charge in [0.2, 0.25) is 0 Å². The Balaban J connectivity index is 2.66. The lowest BCUT2D eigenvalue weighted by molar-refractivity contribution is 0.931. The molecule has 0 radical (unpaired) electrons. The van der Waals surface area contributed by atoms with E-state index in [0.29, 0.717) is 5.88 Å². The van der Waals surface area contributed by atoms with E-state index in [9.17, 15) is 0 Å². The topological polar surface area (TPSA) is 17.3 Å². The van der Waals surface area contributed by atoms with Crippen LogP contribution in [0.5, 0.6) is 0 Å². The molecule has 0 spiro atoms. The molecule has 2 nitrogen and oxygen atoms in total. The number of rotatable bonds is 1. The Bertz CT molecular complexity index is 406. The van der Waals surface area contributed by atoms with Crippen LogP contribution in [0.2, 0.25) is 0 Å². The highest BCUT2D eigenvalue weighted by Gasteiger charge is 1.97. The largest absolute Gasteiger partial charge is 0.241 e. The van der Waals surface area contributed by atoms with Gasteiger partial charge in [0.05, 0.1) is 11.2 Å². The van der Waals surface area contributed by atoms with Crippen LogP contribution < -0.4 is 0 Å². The van der Waals surface area contributed by atoms with Crippen molar-refractivity contribution in [1.29, 1.82) is 0 Å². The Labute approximate surface area is 75.8 Å². The van der Waals surface area contributed by atoms with Crippen molar-refractivity contribution in [3.05, 3.63) is 35.7 Å². The molecule has 0 saturated carbocycles. The maximum atomic E-state index is 5.70. The second-order valence-electron chi connectivity index (χ2n) is 2.82. The van der Waals surface area contributed by atoms with Crippen LogP contribution in [-0.2, 0) is 5.88 Å². The van der Waals surface area contributed by atoms with E-state index in [2.05, 4.69) is 5.10 Å². The van der Waals surface area contributed by atoms with Crippen LogP contribution in [-0.4, -0.2) is 9.61 Å². The fourth-order valence-electron chi connectivity index (χ4n) is 1.25. The number of pyridine rings is 1. The molecule has 0 aliphatic rings. The van der Waals surface area contributed by atoms with Gasteiger partial charge in [-0.15, -0.1) is 11.6 Å². The van der Waals surface area contributed by atoms with Gasteiger partial charge in [-0.3, -0.25) is 0 Å². The molecular weight excluding hydrogens is 172 g/mol. The predicted molar refractivity (Wildman–Crippen MR) is 49.5 cm³/mol. The molecule has 0 N–H and O–H groups in total. The molecule has 62 valence electrons. The summed E-state index contributed by atoms with van der Waals surface area (Å²) in [6.45, 7) is 1.98. The summed E-state index contributed by atoms with van der Waals surface area (Å²) in [5.41, 5.74) is 3.26. The van der Waals surface area contributed by atoms with E-state index >= 15 is 0 Å². The summed E-state index contributed by atoms with van der Waals surface area (Å²) in [5.74, 6) is 0.556. The van der Waals surface area contributed by atoms with Gasteiger partial charge < -0.3 is 0 Å². The van der Waals surface area contributed by atoms with Crippen LogP contribution in [0.25, 0.3) is 5.52 Å². The first-order chi connectivity index (χ1) is 5.79. The van der Waals surface area contributed by atoms with E-state index in [4.69, 9.17) is 11.6 Å². The van der Waals surface area contributed by atoms with Crippen molar-refractivity contribution < 1.29 is 0 Å². The van der Waals surface area contributed by atoms with Crippen molar-refractivity contribution in [2.45, 2.75) is 12.8 Å². The summed E-state index contributed by atoms with van der Waals surface area (Å²) in [5, 5.41) is 4.26. The van der Waals surface area contributed by atoms with E-state index in [1.807, 2.05) is 35.8 Å². The van der Waals surface area contributed by atoms with Gasteiger partial charge in [-0.2, -0.15) is 5.10 Å². The van der Waals surface area contributed by atoms with Gasteiger partial charge in [0.25, 0.3) is 0 Å². The lowest BCUT2D eigenvalue weighted by Crippen LogP contribution is -1.87. The summed E-state index contributed by atoms with van der Waals surface area (Å²) < 4.78 is 1.85. The first-order valence-electron chi connectivity index (χ1n) is 3.80. The minimum absolute atomic E-state index is 0.556.